The molecule has 0 atom stereocenters. The van der Waals surface area contributed by atoms with Crippen LogP contribution < -0.4 is 4.74 Å². The monoisotopic (exact) mass is 435 g/mol. The Bertz CT molecular complexity index is 1320. The van der Waals surface area contributed by atoms with Gasteiger partial charge in [0.1, 0.15) is 18.2 Å². The van der Waals surface area contributed by atoms with Crippen molar-refractivity contribution in [2.75, 3.05) is 0 Å². The molecule has 5 aromatic rings. The van der Waals surface area contributed by atoms with Crippen LogP contribution in [0.4, 0.5) is 0 Å². The van der Waals surface area contributed by atoms with Gasteiger partial charge >= 0.3 is 0 Å². The summed E-state index contributed by atoms with van der Waals surface area (Å²) in [5.74, 6) is 1.69. The Morgan fingerprint density at radius 1 is 0.697 bits per heavy atom. The van der Waals surface area contributed by atoms with E-state index < -0.39 is 0 Å². The average molecular weight is 436 g/mol. The molecule has 164 valence electrons. The number of aromatic amines is 1. The van der Waals surface area contributed by atoms with Crippen LogP contribution in [0.2, 0.25) is 0 Å². The van der Waals surface area contributed by atoms with E-state index in [2.05, 4.69) is 80.2 Å². The van der Waals surface area contributed by atoms with Crippen LogP contribution in [-0.4, -0.2) is 25.6 Å². The van der Waals surface area contributed by atoms with Crippen LogP contribution in [0.25, 0.3) is 10.9 Å². The van der Waals surface area contributed by atoms with Crippen molar-refractivity contribution in [2.24, 2.45) is 0 Å². The first-order valence-corrected chi connectivity index (χ1v) is 11.2. The minimum absolute atomic E-state index is 0.458. The number of H-pyrrole nitrogens is 1. The van der Waals surface area contributed by atoms with Crippen molar-refractivity contribution < 1.29 is 4.74 Å². The highest BCUT2D eigenvalue weighted by Crippen LogP contribution is 2.18. The van der Waals surface area contributed by atoms with Gasteiger partial charge in [-0.25, -0.2) is 10.1 Å². The smallest absolute Gasteiger partial charge is 0.148 e. The average Bonchev–Trinajstić information content (AvgIpc) is 3.40. The van der Waals surface area contributed by atoms with Gasteiger partial charge in [-0.1, -0.05) is 60.7 Å². The molecular formula is C27H25N5O. The standard InChI is InChI=1S/C27H25N5O/c1-2-7-26-23(5-1)15-16-24(28-26)19-33-25-6-3-4-22(18-25)13-12-20-8-10-21(11-9-20)14-17-27-29-31-32-30-27/h1-11,15-16,18H,12-14,17,19H2,(H,29,30,31,32). The number of aromatic nitrogens is 5. The van der Waals surface area contributed by atoms with Crippen molar-refractivity contribution in [3.05, 3.63) is 113 Å². The Labute approximate surface area is 192 Å². The molecule has 0 aliphatic carbocycles. The fraction of sp³-hybridized carbons (Fsp3) is 0.185. The molecule has 3 aromatic carbocycles. The maximum Gasteiger partial charge on any atom is 0.148 e. The Hall–Kier alpha value is -4.06. The fourth-order valence-corrected chi connectivity index (χ4v) is 3.85. The normalized spacial score (nSPS) is 11.0. The van der Waals surface area contributed by atoms with Crippen molar-refractivity contribution in [1.82, 2.24) is 25.6 Å². The Balaban J connectivity index is 1.14. The number of aryl methyl sites for hydroxylation is 4. The number of hydrogen-bond acceptors (Lipinski definition) is 5. The first-order chi connectivity index (χ1) is 16.3. The van der Waals surface area contributed by atoms with E-state index in [1.54, 1.807) is 0 Å². The molecular weight excluding hydrogens is 410 g/mol. The highest BCUT2D eigenvalue weighted by atomic mass is 16.5. The largest absolute Gasteiger partial charge is 0.487 e. The lowest BCUT2D eigenvalue weighted by molar-refractivity contribution is 0.301. The molecule has 6 heteroatoms. The molecule has 0 saturated heterocycles. The van der Waals surface area contributed by atoms with Crippen LogP contribution in [0.1, 0.15) is 28.2 Å². The van der Waals surface area contributed by atoms with Crippen LogP contribution in [0.3, 0.4) is 0 Å². The quantitative estimate of drug-likeness (QED) is 0.356. The van der Waals surface area contributed by atoms with Gasteiger partial charge in [-0.05, 0) is 70.6 Å². The summed E-state index contributed by atoms with van der Waals surface area (Å²) in [4.78, 5) is 4.69. The van der Waals surface area contributed by atoms with Crippen molar-refractivity contribution in [2.45, 2.75) is 32.3 Å². The number of ether oxygens (including phenoxy) is 1. The first-order valence-electron chi connectivity index (χ1n) is 11.2. The zero-order chi connectivity index (χ0) is 22.3. The van der Waals surface area contributed by atoms with E-state index in [4.69, 9.17) is 4.74 Å². The summed E-state index contributed by atoms with van der Waals surface area (Å²) in [6.45, 7) is 0.458. The zero-order valence-corrected chi connectivity index (χ0v) is 18.3. The molecule has 5 rings (SSSR count). The molecule has 33 heavy (non-hydrogen) atoms. The third-order valence-electron chi connectivity index (χ3n) is 5.71. The topological polar surface area (TPSA) is 76.6 Å². The Morgan fingerprint density at radius 2 is 1.48 bits per heavy atom. The molecule has 6 nitrogen and oxygen atoms in total. The number of nitrogens with zero attached hydrogens (tertiary/aromatic N) is 4. The molecule has 1 N–H and O–H groups in total. The second-order valence-electron chi connectivity index (χ2n) is 8.10. The summed E-state index contributed by atoms with van der Waals surface area (Å²) in [6, 6.07) is 29.4. The molecule has 0 fully saturated rings. The second kappa shape index (κ2) is 10.0. The minimum Gasteiger partial charge on any atom is -0.487 e. The molecule has 0 amide bonds. The number of tetrazole rings is 1. The van der Waals surface area contributed by atoms with E-state index in [0.717, 1.165) is 53.9 Å². The number of nitrogens with one attached hydrogen (secondary N) is 1. The van der Waals surface area contributed by atoms with Gasteiger partial charge in [0.15, 0.2) is 0 Å². The van der Waals surface area contributed by atoms with Crippen molar-refractivity contribution in [3.8, 4) is 5.75 Å². The Kier molecular flexibility index (Phi) is 6.33. The van der Waals surface area contributed by atoms with Crippen molar-refractivity contribution in [1.29, 1.82) is 0 Å². The number of rotatable bonds is 9. The minimum atomic E-state index is 0.458. The molecule has 0 spiro atoms. The summed E-state index contributed by atoms with van der Waals surface area (Å²) in [7, 11) is 0. The van der Waals surface area contributed by atoms with Crippen LogP contribution >= 0.6 is 0 Å². The Morgan fingerprint density at radius 3 is 2.30 bits per heavy atom. The van der Waals surface area contributed by atoms with Gasteiger partial charge in [-0.3, -0.25) is 0 Å². The highest BCUT2D eigenvalue weighted by molar-refractivity contribution is 5.78. The number of hydrogen-bond donors (Lipinski definition) is 1. The third-order valence-corrected chi connectivity index (χ3v) is 5.71. The lowest BCUT2D eigenvalue weighted by Crippen LogP contribution is -1.99. The van der Waals surface area contributed by atoms with Crippen LogP contribution in [0.5, 0.6) is 5.75 Å². The molecule has 0 saturated carbocycles. The third kappa shape index (κ3) is 5.60. The van der Waals surface area contributed by atoms with Gasteiger partial charge in [-0.15, -0.1) is 5.10 Å². The van der Waals surface area contributed by atoms with Crippen LogP contribution in [0, 0.1) is 0 Å². The van der Waals surface area contributed by atoms with Crippen molar-refractivity contribution in [3.63, 3.8) is 0 Å². The maximum atomic E-state index is 6.03. The van der Waals surface area contributed by atoms with Crippen molar-refractivity contribution >= 4 is 10.9 Å². The van der Waals surface area contributed by atoms with Crippen LogP contribution in [-0.2, 0) is 32.3 Å². The predicted molar refractivity (Wildman–Crippen MR) is 128 cm³/mol. The maximum absolute atomic E-state index is 6.03. The molecule has 2 heterocycles. The summed E-state index contributed by atoms with van der Waals surface area (Å²) >= 11 is 0. The van der Waals surface area contributed by atoms with Crippen LogP contribution in [0.15, 0.2) is 84.9 Å². The number of para-hydroxylation sites is 1. The van der Waals surface area contributed by atoms with E-state index in [-0.39, 0.29) is 0 Å². The molecule has 0 aliphatic rings. The summed E-state index contributed by atoms with van der Waals surface area (Å²) in [5.41, 5.74) is 5.80. The lowest BCUT2D eigenvalue weighted by atomic mass is 10.0. The zero-order valence-electron chi connectivity index (χ0n) is 18.3. The molecule has 0 radical (unpaired) electrons. The van der Waals surface area contributed by atoms with E-state index in [1.807, 2.05) is 30.3 Å². The van der Waals surface area contributed by atoms with Gasteiger partial charge < -0.3 is 4.74 Å². The van der Waals surface area contributed by atoms with E-state index in [9.17, 15) is 0 Å². The van der Waals surface area contributed by atoms with E-state index in [1.165, 1.54) is 16.7 Å². The predicted octanol–water partition coefficient (Wildman–Crippen LogP) is 4.90. The summed E-state index contributed by atoms with van der Waals surface area (Å²) in [6.07, 6.45) is 3.69. The number of pyridine rings is 1. The second-order valence-corrected chi connectivity index (χ2v) is 8.10. The lowest BCUT2D eigenvalue weighted by Gasteiger charge is -2.09. The van der Waals surface area contributed by atoms with E-state index in [0.29, 0.717) is 6.61 Å². The first kappa shape index (κ1) is 20.8. The van der Waals surface area contributed by atoms with Gasteiger partial charge in [0, 0.05) is 11.8 Å². The summed E-state index contributed by atoms with van der Waals surface area (Å²) in [5, 5.41) is 15.1. The fourth-order valence-electron chi connectivity index (χ4n) is 3.85. The molecule has 0 unspecified atom stereocenters. The van der Waals surface area contributed by atoms with Gasteiger partial charge in [0.2, 0.25) is 0 Å². The van der Waals surface area contributed by atoms with Gasteiger partial charge in [-0.2, -0.15) is 0 Å². The summed E-state index contributed by atoms with van der Waals surface area (Å²) < 4.78 is 6.03. The molecule has 0 aliphatic heterocycles. The van der Waals surface area contributed by atoms with Gasteiger partial charge in [0.25, 0.3) is 0 Å². The number of fused-ring (bicyclic) bond motifs is 1. The molecule has 0 bridgehead atoms. The SMILES string of the molecule is c1cc(CCc2ccc(CCc3nnn[nH]3)cc2)cc(OCc2ccc3ccccc3n2)c1. The van der Waals surface area contributed by atoms with Gasteiger partial charge in [0.05, 0.1) is 11.2 Å². The van der Waals surface area contributed by atoms with E-state index >= 15 is 0 Å². The molecule has 2 aromatic heterocycles. The number of benzene rings is 3. The highest BCUT2D eigenvalue weighted by Gasteiger charge is 2.03.